The van der Waals surface area contributed by atoms with Crippen LogP contribution in [0.25, 0.3) is 22.3 Å². The van der Waals surface area contributed by atoms with Gasteiger partial charge in [0.05, 0.1) is 11.6 Å². The molecule has 3 rings (SSSR count). The zero-order valence-electron chi connectivity index (χ0n) is 14.2. The second-order valence-corrected chi connectivity index (χ2v) is 5.78. The highest BCUT2D eigenvalue weighted by Crippen LogP contribution is 2.25. The van der Waals surface area contributed by atoms with Gasteiger partial charge < -0.3 is 4.74 Å². The van der Waals surface area contributed by atoms with E-state index in [9.17, 15) is 4.79 Å². The van der Waals surface area contributed by atoms with Crippen LogP contribution in [0.15, 0.2) is 85.5 Å². The molecule has 3 nitrogen and oxygen atoms in total. The molecule has 0 aliphatic carbocycles. The van der Waals surface area contributed by atoms with Gasteiger partial charge >= 0.3 is 5.97 Å². The van der Waals surface area contributed by atoms with Crippen molar-refractivity contribution in [3.8, 4) is 28.3 Å². The maximum absolute atomic E-state index is 11.1. The fourth-order valence-electron chi connectivity index (χ4n) is 2.60. The van der Waals surface area contributed by atoms with Crippen LogP contribution in [0, 0.1) is 11.3 Å². The minimum atomic E-state index is -0.424. The van der Waals surface area contributed by atoms with E-state index >= 15 is 0 Å². The summed E-state index contributed by atoms with van der Waals surface area (Å²) in [7, 11) is 0. The summed E-state index contributed by atoms with van der Waals surface area (Å²) < 4.78 is 5.03. The number of hydrogen-bond donors (Lipinski definition) is 0. The van der Waals surface area contributed by atoms with Crippen molar-refractivity contribution in [3.05, 3.63) is 96.6 Å². The highest BCUT2D eigenvalue weighted by atomic mass is 16.5. The molecule has 26 heavy (non-hydrogen) atoms. The van der Waals surface area contributed by atoms with Crippen LogP contribution in [0.3, 0.4) is 0 Å². The Balaban J connectivity index is 1.72. The van der Waals surface area contributed by atoms with E-state index in [2.05, 4.69) is 36.9 Å². The maximum Gasteiger partial charge on any atom is 0.330 e. The van der Waals surface area contributed by atoms with Crippen molar-refractivity contribution in [2.45, 2.75) is 6.61 Å². The predicted molar refractivity (Wildman–Crippen MR) is 102 cm³/mol. The van der Waals surface area contributed by atoms with Gasteiger partial charge in [0, 0.05) is 6.08 Å². The van der Waals surface area contributed by atoms with Crippen LogP contribution >= 0.6 is 0 Å². The van der Waals surface area contributed by atoms with Gasteiger partial charge in [0.25, 0.3) is 0 Å². The summed E-state index contributed by atoms with van der Waals surface area (Å²) >= 11 is 0. The molecule has 3 aromatic carbocycles. The van der Waals surface area contributed by atoms with Crippen LogP contribution in [0.1, 0.15) is 11.1 Å². The first-order chi connectivity index (χ1) is 12.7. The number of benzene rings is 3. The minimum Gasteiger partial charge on any atom is -0.458 e. The van der Waals surface area contributed by atoms with Crippen molar-refractivity contribution >= 4 is 5.97 Å². The van der Waals surface area contributed by atoms with Crippen molar-refractivity contribution in [2.24, 2.45) is 0 Å². The Morgan fingerprint density at radius 2 is 1.27 bits per heavy atom. The van der Waals surface area contributed by atoms with Gasteiger partial charge in [-0.05, 0) is 39.9 Å². The van der Waals surface area contributed by atoms with Gasteiger partial charge in [-0.15, -0.1) is 0 Å². The van der Waals surface area contributed by atoms with Crippen LogP contribution in [0.2, 0.25) is 0 Å². The Bertz CT molecular complexity index is 947. The van der Waals surface area contributed by atoms with Crippen LogP contribution < -0.4 is 0 Å². The summed E-state index contributed by atoms with van der Waals surface area (Å²) in [6.45, 7) is 3.61. The molecule has 0 saturated heterocycles. The largest absolute Gasteiger partial charge is 0.458 e. The molecule has 0 aliphatic rings. The molecule has 0 amide bonds. The number of nitrogens with zero attached hydrogens (tertiary/aromatic N) is 1. The molecule has 0 atom stereocenters. The summed E-state index contributed by atoms with van der Waals surface area (Å²) in [5.74, 6) is -0.424. The van der Waals surface area contributed by atoms with Gasteiger partial charge in [0.2, 0.25) is 0 Å². The van der Waals surface area contributed by atoms with Crippen molar-refractivity contribution < 1.29 is 9.53 Å². The van der Waals surface area contributed by atoms with Gasteiger partial charge in [-0.3, -0.25) is 0 Å². The Morgan fingerprint density at radius 3 is 1.69 bits per heavy atom. The summed E-state index contributed by atoms with van der Waals surface area (Å²) in [4.78, 5) is 11.1. The number of nitriles is 1. The lowest BCUT2D eigenvalue weighted by molar-refractivity contribution is -0.138. The first-order valence-corrected chi connectivity index (χ1v) is 8.19. The van der Waals surface area contributed by atoms with Crippen LogP contribution in [0.4, 0.5) is 0 Å². The Morgan fingerprint density at radius 1 is 0.846 bits per heavy atom. The standard InChI is InChI=1S/C23H17NO2/c1-2-23(25)26-16-18-5-9-20(10-6-18)22-13-11-21(12-14-22)19-7-3-17(15-24)4-8-19/h2-14H,1,16H2. The molecule has 0 bridgehead atoms. The smallest absolute Gasteiger partial charge is 0.330 e. The molecule has 0 aromatic heterocycles. The molecule has 0 unspecified atom stereocenters. The molecule has 0 fully saturated rings. The molecule has 0 radical (unpaired) electrons. The fourth-order valence-corrected chi connectivity index (χ4v) is 2.60. The number of carbonyl (C=O) groups excluding carboxylic acids is 1. The number of rotatable bonds is 5. The van der Waals surface area contributed by atoms with Crippen molar-refractivity contribution in [3.63, 3.8) is 0 Å². The van der Waals surface area contributed by atoms with Gasteiger partial charge in [-0.25, -0.2) is 4.79 Å². The molecule has 0 aliphatic heterocycles. The van der Waals surface area contributed by atoms with E-state index in [1.165, 1.54) is 0 Å². The average molecular weight is 339 g/mol. The second kappa shape index (κ2) is 7.96. The van der Waals surface area contributed by atoms with E-state index in [-0.39, 0.29) is 6.61 Å². The number of hydrogen-bond acceptors (Lipinski definition) is 3. The van der Waals surface area contributed by atoms with Gasteiger partial charge in [-0.2, -0.15) is 5.26 Å². The molecule has 0 spiro atoms. The third-order valence-corrected chi connectivity index (χ3v) is 4.07. The molecule has 0 heterocycles. The zero-order valence-corrected chi connectivity index (χ0v) is 14.2. The van der Waals surface area contributed by atoms with E-state index in [1.54, 1.807) is 0 Å². The minimum absolute atomic E-state index is 0.239. The molecule has 0 saturated carbocycles. The van der Waals surface area contributed by atoms with Gasteiger partial charge in [0.15, 0.2) is 0 Å². The van der Waals surface area contributed by atoms with E-state index in [1.807, 2.05) is 48.5 Å². The van der Waals surface area contributed by atoms with Gasteiger partial charge in [0.1, 0.15) is 6.61 Å². The maximum atomic E-state index is 11.1. The van der Waals surface area contributed by atoms with Crippen LogP contribution in [-0.4, -0.2) is 5.97 Å². The fraction of sp³-hybridized carbons (Fsp3) is 0.0435. The monoisotopic (exact) mass is 339 g/mol. The average Bonchev–Trinajstić information content (AvgIpc) is 2.72. The Labute approximate surface area is 152 Å². The lowest BCUT2D eigenvalue weighted by Crippen LogP contribution is -1.99. The normalized spacial score (nSPS) is 9.96. The van der Waals surface area contributed by atoms with E-state index < -0.39 is 5.97 Å². The van der Waals surface area contributed by atoms with E-state index in [0.717, 1.165) is 33.9 Å². The number of ether oxygens (including phenoxy) is 1. The van der Waals surface area contributed by atoms with Crippen LogP contribution in [0.5, 0.6) is 0 Å². The summed E-state index contributed by atoms with van der Waals surface area (Å²) in [5.41, 5.74) is 5.97. The van der Waals surface area contributed by atoms with Crippen molar-refractivity contribution in [1.29, 1.82) is 5.26 Å². The molecule has 0 N–H and O–H groups in total. The Kier molecular flexibility index (Phi) is 5.26. The molecule has 3 aromatic rings. The molecule has 126 valence electrons. The quantitative estimate of drug-likeness (QED) is 0.479. The Hall–Kier alpha value is -3.64. The zero-order chi connectivity index (χ0) is 18.4. The summed E-state index contributed by atoms with van der Waals surface area (Å²) in [5, 5.41) is 8.88. The van der Waals surface area contributed by atoms with E-state index in [4.69, 9.17) is 10.00 Å². The molecular formula is C23H17NO2. The van der Waals surface area contributed by atoms with Crippen LogP contribution in [-0.2, 0) is 16.1 Å². The SMILES string of the molecule is C=CC(=O)OCc1ccc(-c2ccc(-c3ccc(C#N)cc3)cc2)cc1. The first kappa shape index (κ1) is 17.2. The molecular weight excluding hydrogens is 322 g/mol. The number of esters is 1. The highest BCUT2D eigenvalue weighted by Gasteiger charge is 2.02. The topological polar surface area (TPSA) is 50.1 Å². The highest BCUT2D eigenvalue weighted by molar-refractivity contribution is 5.81. The predicted octanol–water partition coefficient (Wildman–Crippen LogP) is 5.12. The van der Waals surface area contributed by atoms with Crippen molar-refractivity contribution in [1.82, 2.24) is 0 Å². The lowest BCUT2D eigenvalue weighted by Gasteiger charge is -2.07. The third kappa shape index (κ3) is 4.06. The number of carbonyl (C=O) groups is 1. The third-order valence-electron chi connectivity index (χ3n) is 4.07. The van der Waals surface area contributed by atoms with E-state index in [0.29, 0.717) is 5.56 Å². The summed E-state index contributed by atoms with van der Waals surface area (Å²) in [6.07, 6.45) is 1.16. The first-order valence-electron chi connectivity index (χ1n) is 8.19. The molecule has 3 heteroatoms. The lowest BCUT2D eigenvalue weighted by atomic mass is 9.99. The van der Waals surface area contributed by atoms with Gasteiger partial charge in [-0.1, -0.05) is 67.2 Å². The second-order valence-electron chi connectivity index (χ2n) is 5.78. The van der Waals surface area contributed by atoms with Crippen molar-refractivity contribution in [2.75, 3.05) is 0 Å². The summed E-state index contributed by atoms with van der Waals surface area (Å²) in [6, 6.07) is 25.8.